The van der Waals surface area contributed by atoms with Gasteiger partial charge in [0.2, 0.25) is 0 Å². The Bertz CT molecular complexity index is 405. The Morgan fingerprint density at radius 1 is 1.19 bits per heavy atom. The summed E-state index contributed by atoms with van der Waals surface area (Å²) in [6.45, 7) is -0.141. The molecular formula is C6H22BN3O5P2S4. The van der Waals surface area contributed by atoms with Crippen LogP contribution in [0.25, 0.3) is 0 Å². The van der Waals surface area contributed by atoms with Crippen LogP contribution in [0, 0.1) is 0 Å². The molecule has 3 unspecified atom stereocenters. The van der Waals surface area contributed by atoms with Crippen molar-refractivity contribution in [1.29, 1.82) is 0 Å². The number of hydrogen-bond acceptors (Lipinski definition) is 9. The van der Waals surface area contributed by atoms with Crippen LogP contribution in [0.5, 0.6) is 0 Å². The number of quaternary nitrogens is 3. The summed E-state index contributed by atoms with van der Waals surface area (Å²) in [6, 6.07) is -0.986. The fourth-order valence-electron chi connectivity index (χ4n) is 1.35. The average molecular weight is 417 g/mol. The summed E-state index contributed by atoms with van der Waals surface area (Å²) < 4.78 is 10.3. The fraction of sp³-hybridized carbons (Fsp3) is 1.00. The van der Waals surface area contributed by atoms with Crippen LogP contribution in [-0.4, -0.2) is 54.9 Å². The van der Waals surface area contributed by atoms with E-state index in [-0.39, 0.29) is 31.0 Å². The van der Waals surface area contributed by atoms with Gasteiger partial charge in [0.15, 0.2) is 0 Å². The highest BCUT2D eigenvalue weighted by Gasteiger charge is 2.39. The quantitative estimate of drug-likeness (QED) is 0.228. The van der Waals surface area contributed by atoms with Crippen LogP contribution >= 0.6 is 10.9 Å². The van der Waals surface area contributed by atoms with E-state index in [2.05, 4.69) is 24.1 Å². The molecule has 0 aromatic carbocycles. The number of ether oxygens (including phenoxy) is 1. The summed E-state index contributed by atoms with van der Waals surface area (Å²) in [5, 5.41) is 18.9. The van der Waals surface area contributed by atoms with Gasteiger partial charge in [0.1, 0.15) is 20.1 Å². The highest BCUT2D eigenvalue weighted by Crippen LogP contribution is 2.56. The molecule has 0 saturated carbocycles. The lowest BCUT2D eigenvalue weighted by molar-refractivity contribution is -0.153. The molecule has 1 heterocycles. The largest absolute Gasteiger partial charge is 0.838 e. The standard InChI is InChI=1S/C6H13BO5P2S4.3H3N/c7-6-5(9)4(8)3(12-6)1-11-14(17,18)2-13(10,15)16;;;/h3-6,8-9H,1-2H2,(H,17,18)(H2,10,15,16);3*1H3/t3-,4?,5+,6-;;;/m1.../s1. The van der Waals surface area contributed by atoms with Crippen LogP contribution in [0.2, 0.25) is 0 Å². The van der Waals surface area contributed by atoms with Crippen LogP contribution in [0.15, 0.2) is 0 Å². The predicted octanol–water partition coefficient (Wildman–Crippen LogP) is -0.223. The van der Waals surface area contributed by atoms with Gasteiger partial charge < -0.3 is 67.3 Å². The van der Waals surface area contributed by atoms with Crippen molar-refractivity contribution in [2.24, 2.45) is 0 Å². The maximum Gasteiger partial charge on any atom is 0.112 e. The molecule has 0 amide bonds. The van der Waals surface area contributed by atoms with Gasteiger partial charge in [-0.15, -0.1) is 11.8 Å². The molecule has 0 spiro atoms. The molecular weight excluding hydrogens is 395 g/mol. The molecule has 1 rings (SSSR count). The van der Waals surface area contributed by atoms with Crippen LogP contribution in [0.4, 0.5) is 0 Å². The normalized spacial score (nSPS) is 33.6. The molecule has 1 aliphatic heterocycles. The van der Waals surface area contributed by atoms with E-state index in [1.54, 1.807) is 0 Å². The van der Waals surface area contributed by atoms with Gasteiger partial charge in [-0.2, -0.15) is 0 Å². The highest BCUT2D eigenvalue weighted by atomic mass is 32.9. The van der Waals surface area contributed by atoms with Crippen molar-refractivity contribution >= 4 is 66.9 Å². The van der Waals surface area contributed by atoms with Crippen LogP contribution in [0.1, 0.15) is 0 Å². The van der Waals surface area contributed by atoms with Crippen molar-refractivity contribution in [3.05, 3.63) is 0 Å². The Labute approximate surface area is 146 Å². The third-order valence-corrected chi connectivity index (χ3v) is 10.3. The monoisotopic (exact) mass is 417 g/mol. The van der Waals surface area contributed by atoms with Crippen molar-refractivity contribution in [3.8, 4) is 0 Å². The number of hydrogen-bond donors (Lipinski definition) is 5. The molecule has 8 nitrogen and oxygen atoms in total. The van der Waals surface area contributed by atoms with Gasteiger partial charge in [-0.25, -0.2) is 0 Å². The topological polar surface area (TPSA) is 191 Å². The smallest absolute Gasteiger partial charge is 0.112 e. The van der Waals surface area contributed by atoms with E-state index in [9.17, 15) is 15.1 Å². The third kappa shape index (κ3) is 9.58. The summed E-state index contributed by atoms with van der Waals surface area (Å²) in [5.74, 6) is -0.188. The summed E-state index contributed by atoms with van der Waals surface area (Å²) in [7, 11) is 5.39. The molecule has 6 atom stereocenters. The Morgan fingerprint density at radius 3 is 2.00 bits per heavy atom. The first-order valence-corrected chi connectivity index (χ1v) is 12.6. The maximum atomic E-state index is 11.3. The molecule has 14 N–H and O–H groups in total. The van der Waals surface area contributed by atoms with Crippen LogP contribution in [0.3, 0.4) is 0 Å². The molecule has 2 radical (unpaired) electrons. The molecule has 15 heteroatoms. The van der Waals surface area contributed by atoms with Gasteiger partial charge in [-0.3, -0.25) is 5.47 Å². The average Bonchev–Trinajstić information content (AvgIpc) is 2.39. The van der Waals surface area contributed by atoms with Crippen molar-refractivity contribution in [2.45, 2.75) is 24.3 Å². The van der Waals surface area contributed by atoms with Gasteiger partial charge in [-0.05, 0) is 5.90 Å². The molecule has 0 aromatic rings. The van der Waals surface area contributed by atoms with E-state index in [0.29, 0.717) is 0 Å². The van der Waals surface area contributed by atoms with Crippen molar-refractivity contribution in [3.63, 3.8) is 0 Å². The zero-order valence-corrected chi connectivity index (χ0v) is 17.0. The lowest BCUT2D eigenvalue weighted by Crippen LogP contribution is -2.34. The molecule has 0 aliphatic carbocycles. The van der Waals surface area contributed by atoms with Crippen molar-refractivity contribution < 1.29 is 24.4 Å². The Morgan fingerprint density at radius 2 is 1.67 bits per heavy atom. The zero-order valence-electron chi connectivity index (χ0n) is 11.9. The van der Waals surface area contributed by atoms with E-state index >= 15 is 0 Å². The molecule has 0 aromatic heterocycles. The zero-order chi connectivity index (χ0) is 14.1. The fourth-order valence-corrected chi connectivity index (χ4v) is 12.6. The van der Waals surface area contributed by atoms with E-state index in [1.807, 2.05) is 0 Å². The summed E-state index contributed by atoms with van der Waals surface area (Å²) in [4.78, 5) is 11.3. The number of aliphatic hydroxyl groups is 2. The van der Waals surface area contributed by atoms with Crippen molar-refractivity contribution in [1.82, 2.24) is 18.5 Å². The number of aliphatic hydroxyl groups excluding tert-OH is 2. The van der Waals surface area contributed by atoms with Crippen LogP contribution < -0.4 is 23.3 Å². The Balaban J connectivity index is -0.00000108. The van der Waals surface area contributed by atoms with Crippen molar-refractivity contribution in [2.75, 3.05) is 12.5 Å². The van der Waals surface area contributed by atoms with E-state index in [0.717, 1.165) is 0 Å². The Kier molecular flexibility index (Phi) is 13.9. The molecule has 1 aliphatic rings. The minimum Gasteiger partial charge on any atom is -0.838 e. The van der Waals surface area contributed by atoms with Gasteiger partial charge in [0.05, 0.1) is 12.7 Å². The molecule has 1 saturated heterocycles. The second-order valence-electron chi connectivity index (χ2n) is 3.78. The van der Waals surface area contributed by atoms with Gasteiger partial charge in [-0.1, -0.05) is 17.3 Å². The van der Waals surface area contributed by atoms with Gasteiger partial charge >= 0.3 is 0 Å². The molecule has 21 heavy (non-hydrogen) atoms. The third-order valence-electron chi connectivity index (χ3n) is 2.18. The minimum absolute atomic E-state index is 0. The maximum absolute atomic E-state index is 11.3. The van der Waals surface area contributed by atoms with E-state index in [4.69, 9.17) is 41.2 Å². The van der Waals surface area contributed by atoms with E-state index in [1.165, 1.54) is 0 Å². The second kappa shape index (κ2) is 10.6. The molecule has 128 valence electrons. The summed E-state index contributed by atoms with van der Waals surface area (Å²) in [5.41, 5.74) is -5.98. The summed E-state index contributed by atoms with van der Waals surface area (Å²) >= 11 is 19.2. The first-order valence-electron chi connectivity index (χ1n) is 4.75. The number of rotatable bonds is 5. The van der Waals surface area contributed by atoms with Gasteiger partial charge in [0, 0.05) is 6.00 Å². The minimum atomic E-state index is -3.18. The first kappa shape index (κ1) is 27.6. The Hall–Kier alpha value is 1.74. The van der Waals surface area contributed by atoms with Crippen LogP contribution in [-0.2, 0) is 57.4 Å². The van der Waals surface area contributed by atoms with Gasteiger partial charge in [0.25, 0.3) is 0 Å². The SMILES string of the molecule is [B][C@@H]1O[C@H](COP(=S)([S-])CP([O-])(=S)[S-])C(O)[C@@H]1O.[NH4+].[NH4+].[NH4+]. The molecule has 0 bridgehead atoms. The second-order valence-corrected chi connectivity index (χ2v) is 16.1. The predicted molar refractivity (Wildman–Crippen MR) is 98.5 cm³/mol. The highest BCUT2D eigenvalue weighted by molar-refractivity contribution is 8.61. The molecule has 1 fully saturated rings. The summed E-state index contributed by atoms with van der Waals surface area (Å²) in [6.07, 6.45) is -3.19. The lowest BCUT2D eigenvalue weighted by atomic mass is 9.93. The first-order chi connectivity index (χ1) is 8.02. The lowest BCUT2D eigenvalue weighted by Gasteiger charge is -2.44. The van der Waals surface area contributed by atoms with E-state index < -0.39 is 35.2 Å².